The van der Waals surface area contributed by atoms with Crippen molar-refractivity contribution >= 4 is 17.7 Å². The Kier molecular flexibility index (Phi) is 3.37. The molecule has 1 atom stereocenters. The lowest BCUT2D eigenvalue weighted by Crippen LogP contribution is -1.84. The number of hydrogen-bond acceptors (Lipinski definition) is 1. The van der Waals surface area contributed by atoms with Crippen molar-refractivity contribution in [1.82, 2.24) is 0 Å². The van der Waals surface area contributed by atoms with Crippen molar-refractivity contribution in [1.29, 1.82) is 5.26 Å². The van der Waals surface area contributed by atoms with Gasteiger partial charge < -0.3 is 0 Å². The fourth-order valence-corrected chi connectivity index (χ4v) is 0.876. The molecule has 0 fully saturated rings. The SMILES string of the molecule is N#CC(Cl)C=Cc1ccccc1. The van der Waals surface area contributed by atoms with Crippen molar-refractivity contribution in [3.05, 3.63) is 42.0 Å². The molecular weight excluding hydrogens is 170 g/mol. The van der Waals surface area contributed by atoms with E-state index in [9.17, 15) is 0 Å². The Morgan fingerprint density at radius 3 is 2.58 bits per heavy atom. The molecule has 1 nitrogen and oxygen atoms in total. The molecule has 0 amide bonds. The molecule has 1 aromatic rings. The van der Waals surface area contributed by atoms with Gasteiger partial charge in [-0.2, -0.15) is 5.26 Å². The molecule has 1 rings (SSSR count). The Balaban J connectivity index is 2.65. The lowest BCUT2D eigenvalue weighted by Gasteiger charge is -1.91. The Labute approximate surface area is 76.9 Å². The van der Waals surface area contributed by atoms with Gasteiger partial charge in [0.15, 0.2) is 0 Å². The number of rotatable bonds is 2. The van der Waals surface area contributed by atoms with Crippen LogP contribution < -0.4 is 0 Å². The zero-order chi connectivity index (χ0) is 8.81. The smallest absolute Gasteiger partial charge is 0.139 e. The molecule has 0 aliphatic carbocycles. The summed E-state index contributed by atoms with van der Waals surface area (Å²) in [6, 6.07) is 11.6. The summed E-state index contributed by atoms with van der Waals surface area (Å²) < 4.78 is 0. The molecule has 0 bridgehead atoms. The molecule has 2 heteroatoms. The first kappa shape index (κ1) is 8.83. The van der Waals surface area contributed by atoms with Gasteiger partial charge in [-0.05, 0) is 5.56 Å². The molecule has 1 unspecified atom stereocenters. The summed E-state index contributed by atoms with van der Waals surface area (Å²) in [7, 11) is 0. The average molecular weight is 178 g/mol. The van der Waals surface area contributed by atoms with Gasteiger partial charge in [-0.25, -0.2) is 0 Å². The zero-order valence-corrected chi connectivity index (χ0v) is 7.20. The van der Waals surface area contributed by atoms with E-state index in [4.69, 9.17) is 16.9 Å². The Bertz CT molecular complexity index is 297. The Morgan fingerprint density at radius 1 is 1.33 bits per heavy atom. The van der Waals surface area contributed by atoms with E-state index in [2.05, 4.69) is 0 Å². The van der Waals surface area contributed by atoms with Crippen LogP contribution in [0.15, 0.2) is 36.4 Å². The summed E-state index contributed by atoms with van der Waals surface area (Å²) in [6.45, 7) is 0. The van der Waals surface area contributed by atoms with Crippen LogP contribution in [0.3, 0.4) is 0 Å². The van der Waals surface area contributed by atoms with Crippen molar-refractivity contribution in [2.45, 2.75) is 5.38 Å². The van der Waals surface area contributed by atoms with Gasteiger partial charge in [-0.1, -0.05) is 42.5 Å². The standard InChI is InChI=1S/C10H8ClN/c11-10(8-12)7-6-9-4-2-1-3-5-9/h1-7,10H. The highest BCUT2D eigenvalue weighted by atomic mass is 35.5. The lowest BCUT2D eigenvalue weighted by molar-refractivity contribution is 1.36. The predicted octanol–water partition coefficient (Wildman–Crippen LogP) is 2.83. The summed E-state index contributed by atoms with van der Waals surface area (Å²) in [5.74, 6) is 0. The highest BCUT2D eigenvalue weighted by Crippen LogP contribution is 2.04. The van der Waals surface area contributed by atoms with Gasteiger partial charge in [0, 0.05) is 0 Å². The first-order valence-corrected chi connectivity index (χ1v) is 4.03. The molecule has 0 N–H and O–H groups in total. The second kappa shape index (κ2) is 4.58. The molecule has 0 spiro atoms. The predicted molar refractivity (Wildman–Crippen MR) is 50.7 cm³/mol. The molecule has 0 aromatic heterocycles. The van der Waals surface area contributed by atoms with E-state index in [0.717, 1.165) is 5.56 Å². The Morgan fingerprint density at radius 2 is 2.00 bits per heavy atom. The highest BCUT2D eigenvalue weighted by Gasteiger charge is 1.92. The molecule has 0 aliphatic heterocycles. The van der Waals surface area contributed by atoms with Gasteiger partial charge in [-0.3, -0.25) is 0 Å². The molecule has 0 saturated heterocycles. The molecule has 0 saturated carbocycles. The first-order valence-electron chi connectivity index (χ1n) is 3.60. The second-order valence-corrected chi connectivity index (χ2v) is 2.77. The van der Waals surface area contributed by atoms with E-state index in [1.54, 1.807) is 6.08 Å². The van der Waals surface area contributed by atoms with Gasteiger partial charge in [-0.15, -0.1) is 11.6 Å². The number of nitriles is 1. The largest absolute Gasteiger partial charge is 0.196 e. The minimum Gasteiger partial charge on any atom is -0.196 e. The van der Waals surface area contributed by atoms with Crippen molar-refractivity contribution in [2.75, 3.05) is 0 Å². The third-order valence-corrected chi connectivity index (χ3v) is 1.62. The van der Waals surface area contributed by atoms with Crippen LogP contribution in [0.2, 0.25) is 0 Å². The van der Waals surface area contributed by atoms with Crippen LogP contribution in [0.4, 0.5) is 0 Å². The van der Waals surface area contributed by atoms with Gasteiger partial charge >= 0.3 is 0 Å². The fraction of sp³-hybridized carbons (Fsp3) is 0.100. The van der Waals surface area contributed by atoms with E-state index < -0.39 is 5.38 Å². The summed E-state index contributed by atoms with van der Waals surface area (Å²) in [5.41, 5.74) is 1.05. The maximum absolute atomic E-state index is 8.38. The van der Waals surface area contributed by atoms with Crippen molar-refractivity contribution in [3.8, 4) is 6.07 Å². The molecule has 0 radical (unpaired) electrons. The molecule has 1 aromatic carbocycles. The number of alkyl halides is 1. The van der Waals surface area contributed by atoms with Crippen LogP contribution in [0.25, 0.3) is 6.08 Å². The van der Waals surface area contributed by atoms with Crippen LogP contribution >= 0.6 is 11.6 Å². The molecule has 60 valence electrons. The molecular formula is C10H8ClN. The summed E-state index contributed by atoms with van der Waals surface area (Å²) in [4.78, 5) is 0. The van der Waals surface area contributed by atoms with Crippen molar-refractivity contribution < 1.29 is 0 Å². The maximum Gasteiger partial charge on any atom is 0.139 e. The monoisotopic (exact) mass is 177 g/mol. The summed E-state index contributed by atoms with van der Waals surface area (Å²) in [5, 5.41) is 7.84. The zero-order valence-electron chi connectivity index (χ0n) is 6.44. The average Bonchev–Trinajstić information content (AvgIpc) is 2.16. The molecule has 0 aliphatic rings. The van der Waals surface area contributed by atoms with Gasteiger partial charge in [0.05, 0.1) is 6.07 Å². The van der Waals surface area contributed by atoms with E-state index in [0.29, 0.717) is 0 Å². The first-order chi connectivity index (χ1) is 5.83. The quantitative estimate of drug-likeness (QED) is 0.638. The summed E-state index contributed by atoms with van der Waals surface area (Å²) in [6.07, 6.45) is 3.50. The van der Waals surface area contributed by atoms with E-state index in [1.165, 1.54) is 0 Å². The number of nitrogens with zero attached hydrogens (tertiary/aromatic N) is 1. The minimum atomic E-state index is -0.537. The van der Waals surface area contributed by atoms with Crippen LogP contribution in [0, 0.1) is 11.3 Å². The van der Waals surface area contributed by atoms with Crippen molar-refractivity contribution in [3.63, 3.8) is 0 Å². The number of allylic oxidation sites excluding steroid dienone is 1. The van der Waals surface area contributed by atoms with Crippen LogP contribution in [0.1, 0.15) is 5.56 Å². The number of halogens is 1. The number of benzene rings is 1. The molecule has 12 heavy (non-hydrogen) atoms. The van der Waals surface area contributed by atoms with E-state index in [-0.39, 0.29) is 0 Å². The van der Waals surface area contributed by atoms with Crippen LogP contribution in [-0.4, -0.2) is 5.38 Å². The molecule has 0 heterocycles. The normalized spacial score (nSPS) is 12.7. The minimum absolute atomic E-state index is 0.537. The van der Waals surface area contributed by atoms with Gasteiger partial charge in [0.25, 0.3) is 0 Å². The van der Waals surface area contributed by atoms with Gasteiger partial charge in [0.1, 0.15) is 5.38 Å². The van der Waals surface area contributed by atoms with Crippen LogP contribution in [-0.2, 0) is 0 Å². The summed E-state index contributed by atoms with van der Waals surface area (Å²) >= 11 is 5.57. The maximum atomic E-state index is 8.38. The van der Waals surface area contributed by atoms with Crippen molar-refractivity contribution in [2.24, 2.45) is 0 Å². The number of hydrogen-bond donors (Lipinski definition) is 0. The van der Waals surface area contributed by atoms with E-state index >= 15 is 0 Å². The topological polar surface area (TPSA) is 23.8 Å². The third kappa shape index (κ3) is 2.77. The third-order valence-electron chi connectivity index (χ3n) is 1.38. The highest BCUT2D eigenvalue weighted by molar-refractivity contribution is 6.23. The Hall–Kier alpha value is -1.26. The lowest BCUT2D eigenvalue weighted by atomic mass is 10.2. The van der Waals surface area contributed by atoms with Gasteiger partial charge in [0.2, 0.25) is 0 Å². The van der Waals surface area contributed by atoms with Crippen LogP contribution in [0.5, 0.6) is 0 Å². The fourth-order valence-electron chi connectivity index (χ4n) is 0.803. The second-order valence-electron chi connectivity index (χ2n) is 2.30. The van der Waals surface area contributed by atoms with E-state index in [1.807, 2.05) is 42.5 Å².